The van der Waals surface area contributed by atoms with E-state index in [1.165, 1.54) is 0 Å². The van der Waals surface area contributed by atoms with E-state index in [4.69, 9.17) is 10.5 Å². The van der Waals surface area contributed by atoms with Gasteiger partial charge in [-0.2, -0.15) is 0 Å². The first-order valence-corrected chi connectivity index (χ1v) is 6.29. The average Bonchev–Trinajstić information content (AvgIpc) is 2.16. The van der Waals surface area contributed by atoms with E-state index in [0.29, 0.717) is 12.8 Å². The fourth-order valence-corrected chi connectivity index (χ4v) is 1.77. The van der Waals surface area contributed by atoms with Gasteiger partial charge in [-0.15, -0.1) is 0 Å². The van der Waals surface area contributed by atoms with E-state index in [-0.39, 0.29) is 12.0 Å². The van der Waals surface area contributed by atoms with Gasteiger partial charge in [0.1, 0.15) is 5.60 Å². The molecule has 100 valence electrons. The largest absolute Gasteiger partial charge is 0.459 e. The molecule has 0 rings (SSSR count). The molecule has 0 heterocycles. The third kappa shape index (κ3) is 4.50. The van der Waals surface area contributed by atoms with E-state index < -0.39 is 11.0 Å². The molecule has 0 fully saturated rings. The van der Waals surface area contributed by atoms with Gasteiger partial charge in [0.25, 0.3) is 0 Å². The number of allylic oxidation sites excluding steroid dienone is 2. The molecule has 0 aromatic rings. The molecule has 0 spiro atoms. The van der Waals surface area contributed by atoms with Crippen LogP contribution in [0.25, 0.3) is 0 Å². The predicted octanol–water partition coefficient (Wildman–Crippen LogP) is 3.04. The van der Waals surface area contributed by atoms with Crippen molar-refractivity contribution < 1.29 is 9.53 Å². The zero-order valence-electron chi connectivity index (χ0n) is 12.0. The van der Waals surface area contributed by atoms with E-state index in [0.717, 1.165) is 0 Å². The van der Waals surface area contributed by atoms with Crippen LogP contribution < -0.4 is 5.73 Å². The molecule has 0 amide bonds. The van der Waals surface area contributed by atoms with Gasteiger partial charge in [-0.1, -0.05) is 19.1 Å². The summed E-state index contributed by atoms with van der Waals surface area (Å²) in [5, 5.41) is 0. The summed E-state index contributed by atoms with van der Waals surface area (Å²) < 4.78 is 5.50. The second kappa shape index (κ2) is 6.20. The molecule has 17 heavy (non-hydrogen) atoms. The molecular weight excluding hydrogens is 214 g/mol. The fourth-order valence-electron chi connectivity index (χ4n) is 1.77. The predicted molar refractivity (Wildman–Crippen MR) is 71.6 cm³/mol. The highest BCUT2D eigenvalue weighted by atomic mass is 16.6. The maximum atomic E-state index is 12.3. The van der Waals surface area contributed by atoms with Crippen LogP contribution in [0.3, 0.4) is 0 Å². The van der Waals surface area contributed by atoms with Crippen LogP contribution in [0.15, 0.2) is 12.2 Å². The summed E-state index contributed by atoms with van der Waals surface area (Å²) in [6, 6.07) is -0.224. The van der Waals surface area contributed by atoms with E-state index in [9.17, 15) is 4.79 Å². The molecule has 2 unspecified atom stereocenters. The van der Waals surface area contributed by atoms with Crippen molar-refractivity contribution in [2.75, 3.05) is 0 Å². The van der Waals surface area contributed by atoms with Gasteiger partial charge in [0.2, 0.25) is 0 Å². The second-order valence-electron chi connectivity index (χ2n) is 5.57. The summed E-state index contributed by atoms with van der Waals surface area (Å²) in [5.41, 5.74) is 4.93. The number of carbonyl (C=O) groups is 1. The van der Waals surface area contributed by atoms with E-state index in [1.807, 2.05) is 53.7 Å². The lowest BCUT2D eigenvalue weighted by Gasteiger charge is -2.36. The lowest BCUT2D eigenvalue weighted by atomic mass is 9.75. The minimum Gasteiger partial charge on any atom is -0.459 e. The summed E-state index contributed by atoms with van der Waals surface area (Å²) in [6.45, 7) is 11.4. The van der Waals surface area contributed by atoms with Crippen molar-refractivity contribution in [2.45, 2.75) is 66.0 Å². The van der Waals surface area contributed by atoms with E-state index in [2.05, 4.69) is 0 Å². The Morgan fingerprint density at radius 3 is 2.24 bits per heavy atom. The van der Waals surface area contributed by atoms with Crippen LogP contribution >= 0.6 is 0 Å². The zero-order valence-corrected chi connectivity index (χ0v) is 12.0. The third-order valence-electron chi connectivity index (χ3n) is 3.03. The van der Waals surface area contributed by atoms with Crippen LogP contribution in [0.5, 0.6) is 0 Å². The summed E-state index contributed by atoms with van der Waals surface area (Å²) in [4.78, 5) is 12.3. The highest BCUT2D eigenvalue weighted by Gasteiger charge is 2.42. The zero-order chi connectivity index (χ0) is 13.7. The van der Waals surface area contributed by atoms with Crippen LogP contribution in [0.2, 0.25) is 0 Å². The summed E-state index contributed by atoms with van der Waals surface area (Å²) in [7, 11) is 0. The molecule has 0 aliphatic heterocycles. The van der Waals surface area contributed by atoms with Crippen molar-refractivity contribution in [3.05, 3.63) is 12.2 Å². The Kier molecular flexibility index (Phi) is 5.89. The number of hydrogen-bond acceptors (Lipinski definition) is 3. The van der Waals surface area contributed by atoms with Crippen LogP contribution in [0, 0.1) is 5.41 Å². The molecule has 0 aromatic carbocycles. The third-order valence-corrected chi connectivity index (χ3v) is 3.03. The average molecular weight is 241 g/mol. The summed E-state index contributed by atoms with van der Waals surface area (Å²) >= 11 is 0. The maximum absolute atomic E-state index is 12.3. The van der Waals surface area contributed by atoms with Gasteiger partial charge < -0.3 is 10.5 Å². The van der Waals surface area contributed by atoms with E-state index >= 15 is 0 Å². The fraction of sp³-hybridized carbons (Fsp3) is 0.786. The quantitative estimate of drug-likeness (QED) is 0.594. The van der Waals surface area contributed by atoms with Crippen LogP contribution in [-0.4, -0.2) is 17.6 Å². The monoisotopic (exact) mass is 241 g/mol. The number of ether oxygens (including phenoxy) is 1. The highest BCUT2D eigenvalue weighted by Crippen LogP contribution is 2.33. The van der Waals surface area contributed by atoms with Crippen molar-refractivity contribution in [2.24, 2.45) is 11.1 Å². The van der Waals surface area contributed by atoms with Crippen molar-refractivity contribution >= 4 is 5.97 Å². The first-order chi connectivity index (χ1) is 7.69. The minimum atomic E-state index is -0.611. The minimum absolute atomic E-state index is 0.194. The van der Waals surface area contributed by atoms with Crippen LogP contribution in [-0.2, 0) is 9.53 Å². The van der Waals surface area contributed by atoms with Crippen molar-refractivity contribution in [1.29, 1.82) is 0 Å². The van der Waals surface area contributed by atoms with Crippen molar-refractivity contribution in [1.82, 2.24) is 0 Å². The molecule has 0 radical (unpaired) electrons. The Morgan fingerprint density at radius 2 is 1.94 bits per heavy atom. The summed E-state index contributed by atoms with van der Waals surface area (Å²) in [5.74, 6) is -0.194. The van der Waals surface area contributed by atoms with Crippen molar-refractivity contribution in [3.8, 4) is 0 Å². The molecule has 2 N–H and O–H groups in total. The normalized spacial score (nSPS) is 17.8. The van der Waals surface area contributed by atoms with Gasteiger partial charge in [0.15, 0.2) is 0 Å². The van der Waals surface area contributed by atoms with E-state index in [1.54, 1.807) is 0 Å². The number of esters is 1. The lowest BCUT2D eigenvalue weighted by molar-refractivity contribution is -0.169. The topological polar surface area (TPSA) is 52.3 Å². The molecule has 2 atom stereocenters. The van der Waals surface area contributed by atoms with Crippen LogP contribution in [0.4, 0.5) is 0 Å². The van der Waals surface area contributed by atoms with Crippen LogP contribution in [0.1, 0.15) is 54.4 Å². The number of rotatable bonds is 5. The Balaban J connectivity index is 5.08. The molecule has 3 heteroatoms. The molecule has 0 aliphatic carbocycles. The lowest BCUT2D eigenvalue weighted by Crippen LogP contribution is -2.48. The van der Waals surface area contributed by atoms with Gasteiger partial charge in [0, 0.05) is 6.04 Å². The standard InChI is InChI=1S/C14H27NO2/c1-7-9-10-14(8-2,11(3)15)12(16)17-13(4,5)6/h7,9,11H,8,10,15H2,1-6H3/b9-7+. The number of hydrogen-bond donors (Lipinski definition) is 1. The number of nitrogens with two attached hydrogens (primary N) is 1. The molecule has 0 bridgehead atoms. The molecule has 0 aromatic heterocycles. The molecule has 0 saturated carbocycles. The number of carbonyl (C=O) groups excluding carboxylic acids is 1. The SMILES string of the molecule is C/C=C/CC(CC)(C(=O)OC(C)(C)C)C(C)N. The summed E-state index contributed by atoms with van der Waals surface area (Å²) in [6.07, 6.45) is 5.24. The van der Waals surface area contributed by atoms with Gasteiger partial charge in [-0.05, 0) is 47.5 Å². The van der Waals surface area contributed by atoms with Crippen molar-refractivity contribution in [3.63, 3.8) is 0 Å². The van der Waals surface area contributed by atoms with Gasteiger partial charge in [-0.3, -0.25) is 4.79 Å². The van der Waals surface area contributed by atoms with Gasteiger partial charge in [-0.25, -0.2) is 0 Å². The molecular formula is C14H27NO2. The molecule has 3 nitrogen and oxygen atoms in total. The Morgan fingerprint density at radius 1 is 1.41 bits per heavy atom. The molecule has 0 aliphatic rings. The Labute approximate surface area is 105 Å². The van der Waals surface area contributed by atoms with Gasteiger partial charge in [0.05, 0.1) is 5.41 Å². The first kappa shape index (κ1) is 16.2. The smallest absolute Gasteiger partial charge is 0.314 e. The molecule has 0 saturated heterocycles. The highest BCUT2D eigenvalue weighted by molar-refractivity contribution is 5.78. The first-order valence-electron chi connectivity index (χ1n) is 6.29. The second-order valence-corrected chi connectivity index (χ2v) is 5.57. The maximum Gasteiger partial charge on any atom is 0.314 e. The van der Waals surface area contributed by atoms with Gasteiger partial charge >= 0.3 is 5.97 Å². The Hall–Kier alpha value is -0.830. The Bertz CT molecular complexity index is 276.